The van der Waals surface area contributed by atoms with Crippen molar-refractivity contribution in [3.8, 4) is 0 Å². The number of nitrogens with one attached hydrogen (secondary N) is 2. The van der Waals surface area contributed by atoms with Gasteiger partial charge in [-0.25, -0.2) is 10.8 Å². The molecule has 1 aliphatic rings. The average molecular weight is 280 g/mol. The summed E-state index contributed by atoms with van der Waals surface area (Å²) in [5.74, 6) is 6.15. The van der Waals surface area contributed by atoms with Crippen LogP contribution in [0.4, 0.5) is 17.5 Å². The van der Waals surface area contributed by atoms with Crippen molar-refractivity contribution in [2.75, 3.05) is 10.7 Å². The van der Waals surface area contributed by atoms with E-state index in [9.17, 15) is 10.1 Å². The van der Waals surface area contributed by atoms with Crippen molar-refractivity contribution in [3.63, 3.8) is 0 Å². The second-order valence-electron chi connectivity index (χ2n) is 5.16. The summed E-state index contributed by atoms with van der Waals surface area (Å²) in [5.41, 5.74) is 2.17. The molecule has 1 aromatic rings. The minimum absolute atomic E-state index is 0.133. The van der Waals surface area contributed by atoms with Crippen LogP contribution in [0.15, 0.2) is 6.20 Å². The van der Waals surface area contributed by atoms with Gasteiger partial charge in [0.05, 0.1) is 4.92 Å². The molecule has 4 N–H and O–H groups in total. The van der Waals surface area contributed by atoms with Crippen LogP contribution < -0.4 is 16.6 Å². The van der Waals surface area contributed by atoms with E-state index in [0.717, 1.165) is 19.0 Å². The predicted octanol–water partition coefficient (Wildman–Crippen LogP) is 2.05. The highest BCUT2D eigenvalue weighted by atomic mass is 16.6. The summed E-state index contributed by atoms with van der Waals surface area (Å²) in [5, 5.41) is 14.2. The number of hydrogen-bond donors (Lipinski definition) is 3. The molecule has 0 bridgehead atoms. The first kappa shape index (κ1) is 14.4. The maximum atomic E-state index is 11.0. The molecule has 1 saturated carbocycles. The standard InChI is InChI=1S/C12H20N6O2/c1-8(9-5-3-2-4-6-9)15-11-10(18(19)20)7-14-12(16-11)17-13/h7-9H,2-6,13H2,1H3,(H2,14,15,16,17). The normalized spacial score (nSPS) is 17.5. The van der Waals surface area contributed by atoms with Gasteiger partial charge < -0.3 is 5.32 Å². The molecule has 0 spiro atoms. The highest BCUT2D eigenvalue weighted by molar-refractivity contribution is 5.57. The zero-order valence-corrected chi connectivity index (χ0v) is 11.5. The molecule has 2 rings (SSSR count). The molecule has 1 unspecified atom stereocenters. The first-order valence-corrected chi connectivity index (χ1v) is 6.86. The Bertz CT molecular complexity index is 475. The van der Waals surface area contributed by atoms with Gasteiger partial charge in [-0.3, -0.25) is 15.5 Å². The van der Waals surface area contributed by atoms with Crippen molar-refractivity contribution in [1.29, 1.82) is 0 Å². The quantitative estimate of drug-likeness (QED) is 0.429. The Kier molecular flexibility index (Phi) is 4.67. The number of nitrogens with zero attached hydrogens (tertiary/aromatic N) is 3. The van der Waals surface area contributed by atoms with E-state index in [1.165, 1.54) is 19.3 Å². The summed E-state index contributed by atoms with van der Waals surface area (Å²) < 4.78 is 0. The molecule has 20 heavy (non-hydrogen) atoms. The number of nitrogens with two attached hydrogens (primary N) is 1. The van der Waals surface area contributed by atoms with Crippen LogP contribution in [0.1, 0.15) is 39.0 Å². The summed E-state index contributed by atoms with van der Waals surface area (Å²) in [6.07, 6.45) is 7.18. The van der Waals surface area contributed by atoms with E-state index >= 15 is 0 Å². The highest BCUT2D eigenvalue weighted by Crippen LogP contribution is 2.30. The zero-order valence-electron chi connectivity index (χ0n) is 11.5. The number of hydrazine groups is 1. The van der Waals surface area contributed by atoms with Crippen LogP contribution in [0.5, 0.6) is 0 Å². The van der Waals surface area contributed by atoms with Crippen molar-refractivity contribution >= 4 is 17.5 Å². The van der Waals surface area contributed by atoms with E-state index in [1.807, 2.05) is 6.92 Å². The molecule has 1 heterocycles. The van der Waals surface area contributed by atoms with E-state index in [0.29, 0.717) is 5.92 Å². The number of nitro groups is 1. The maximum Gasteiger partial charge on any atom is 0.329 e. The van der Waals surface area contributed by atoms with Crippen LogP contribution in [0.25, 0.3) is 0 Å². The SMILES string of the molecule is CC(Nc1nc(NN)ncc1[N+](=O)[O-])C1CCCCC1. The molecule has 1 atom stereocenters. The van der Waals surface area contributed by atoms with E-state index in [-0.39, 0.29) is 23.5 Å². The summed E-state index contributed by atoms with van der Waals surface area (Å²) in [6.45, 7) is 2.04. The van der Waals surface area contributed by atoms with Gasteiger partial charge in [0.15, 0.2) is 0 Å². The topological polar surface area (TPSA) is 119 Å². The third kappa shape index (κ3) is 3.32. The molecule has 8 heteroatoms. The van der Waals surface area contributed by atoms with Crippen molar-refractivity contribution in [2.24, 2.45) is 11.8 Å². The van der Waals surface area contributed by atoms with E-state index in [2.05, 4.69) is 20.7 Å². The number of anilines is 2. The van der Waals surface area contributed by atoms with Gasteiger partial charge in [-0.1, -0.05) is 19.3 Å². The molecule has 0 amide bonds. The van der Waals surface area contributed by atoms with Gasteiger partial charge in [0.25, 0.3) is 0 Å². The smallest absolute Gasteiger partial charge is 0.329 e. The van der Waals surface area contributed by atoms with Gasteiger partial charge in [0.2, 0.25) is 11.8 Å². The fraction of sp³-hybridized carbons (Fsp3) is 0.667. The summed E-state index contributed by atoms with van der Waals surface area (Å²) in [7, 11) is 0. The molecule has 1 aromatic heterocycles. The first-order valence-electron chi connectivity index (χ1n) is 6.86. The van der Waals surface area contributed by atoms with Crippen molar-refractivity contribution in [3.05, 3.63) is 16.3 Å². The fourth-order valence-electron chi connectivity index (χ4n) is 2.65. The molecule has 0 aromatic carbocycles. The minimum Gasteiger partial charge on any atom is -0.361 e. The lowest BCUT2D eigenvalue weighted by molar-refractivity contribution is -0.384. The number of nitrogen functional groups attached to an aromatic ring is 1. The third-order valence-electron chi connectivity index (χ3n) is 3.82. The molecule has 1 aliphatic carbocycles. The van der Waals surface area contributed by atoms with Gasteiger partial charge in [-0.2, -0.15) is 4.98 Å². The second-order valence-corrected chi connectivity index (χ2v) is 5.16. The fourth-order valence-corrected chi connectivity index (χ4v) is 2.65. The molecular formula is C12H20N6O2. The number of hydrogen-bond acceptors (Lipinski definition) is 7. The predicted molar refractivity (Wildman–Crippen MR) is 76.2 cm³/mol. The van der Waals surface area contributed by atoms with E-state index in [4.69, 9.17) is 5.84 Å². The summed E-state index contributed by atoms with van der Waals surface area (Å²) >= 11 is 0. The van der Waals surface area contributed by atoms with Crippen LogP contribution in [0, 0.1) is 16.0 Å². The van der Waals surface area contributed by atoms with Crippen LogP contribution >= 0.6 is 0 Å². The summed E-state index contributed by atoms with van der Waals surface area (Å²) in [4.78, 5) is 18.3. The maximum absolute atomic E-state index is 11.0. The van der Waals surface area contributed by atoms with Gasteiger partial charge in [0, 0.05) is 6.04 Å². The van der Waals surface area contributed by atoms with Crippen molar-refractivity contribution in [1.82, 2.24) is 9.97 Å². The first-order chi connectivity index (χ1) is 9.61. The monoisotopic (exact) mass is 280 g/mol. The van der Waals surface area contributed by atoms with Crippen LogP contribution in [-0.4, -0.2) is 20.9 Å². The molecule has 110 valence electrons. The van der Waals surface area contributed by atoms with Crippen LogP contribution in [0.2, 0.25) is 0 Å². The van der Waals surface area contributed by atoms with Gasteiger partial charge >= 0.3 is 5.69 Å². The molecular weight excluding hydrogens is 260 g/mol. The van der Waals surface area contributed by atoms with Crippen LogP contribution in [-0.2, 0) is 0 Å². The van der Waals surface area contributed by atoms with Crippen LogP contribution in [0.3, 0.4) is 0 Å². The number of rotatable bonds is 5. The lowest BCUT2D eigenvalue weighted by Gasteiger charge is -2.28. The summed E-state index contributed by atoms with van der Waals surface area (Å²) in [6, 6.07) is 0.134. The number of aromatic nitrogens is 2. The van der Waals surface area contributed by atoms with Crippen molar-refractivity contribution < 1.29 is 4.92 Å². The Morgan fingerprint density at radius 2 is 2.15 bits per heavy atom. The van der Waals surface area contributed by atoms with Crippen molar-refractivity contribution in [2.45, 2.75) is 45.1 Å². The van der Waals surface area contributed by atoms with Gasteiger partial charge in [-0.05, 0) is 25.7 Å². The third-order valence-corrected chi connectivity index (χ3v) is 3.82. The second kappa shape index (κ2) is 6.47. The Morgan fingerprint density at radius 1 is 1.45 bits per heavy atom. The highest BCUT2D eigenvalue weighted by Gasteiger charge is 2.24. The van der Waals surface area contributed by atoms with Gasteiger partial charge in [-0.15, -0.1) is 0 Å². The average Bonchev–Trinajstić information content (AvgIpc) is 2.47. The Hall–Kier alpha value is -1.96. The zero-order chi connectivity index (χ0) is 14.5. The largest absolute Gasteiger partial charge is 0.361 e. The lowest BCUT2D eigenvalue weighted by Crippen LogP contribution is -2.28. The lowest BCUT2D eigenvalue weighted by atomic mass is 9.84. The molecule has 1 fully saturated rings. The Balaban J connectivity index is 2.15. The Morgan fingerprint density at radius 3 is 2.75 bits per heavy atom. The molecule has 0 aliphatic heterocycles. The molecule has 0 radical (unpaired) electrons. The van der Waals surface area contributed by atoms with Gasteiger partial charge in [0.1, 0.15) is 6.20 Å². The van der Waals surface area contributed by atoms with E-state index < -0.39 is 4.92 Å². The Labute approximate surface area is 117 Å². The molecule has 0 saturated heterocycles. The minimum atomic E-state index is -0.490. The van der Waals surface area contributed by atoms with E-state index in [1.54, 1.807) is 0 Å². The molecule has 8 nitrogen and oxygen atoms in total.